The van der Waals surface area contributed by atoms with Gasteiger partial charge in [0.05, 0.1) is 0 Å². The van der Waals surface area contributed by atoms with Crippen LogP contribution in [0.25, 0.3) is 0 Å². The highest BCUT2D eigenvalue weighted by Gasteiger charge is 2.06. The molecule has 0 aliphatic rings. The van der Waals surface area contributed by atoms with Gasteiger partial charge in [-0.15, -0.1) is 0 Å². The number of carbonyl (C=O) groups excluding carboxylic acids is 1. The Morgan fingerprint density at radius 3 is 2.35 bits per heavy atom. The molecule has 0 aromatic carbocycles. The van der Waals surface area contributed by atoms with Gasteiger partial charge in [-0.1, -0.05) is 12.8 Å². The lowest BCUT2D eigenvalue weighted by atomic mass is 10.2. The van der Waals surface area contributed by atoms with Gasteiger partial charge in [0.1, 0.15) is 6.54 Å². The van der Waals surface area contributed by atoms with E-state index < -0.39 is 0 Å². The van der Waals surface area contributed by atoms with Crippen molar-refractivity contribution in [2.45, 2.75) is 46.1 Å². The van der Waals surface area contributed by atoms with Crippen molar-refractivity contribution < 1.29 is 4.79 Å². The zero-order valence-corrected chi connectivity index (χ0v) is 12.4. The smallest absolute Gasteiger partial charge is 0.239 e. The van der Waals surface area contributed by atoms with Gasteiger partial charge in [-0.3, -0.25) is 9.59 Å². The number of nitrogens with one attached hydrogen (secondary N) is 1. The molecule has 0 aliphatic heterocycles. The minimum absolute atomic E-state index is 0.0151. The Morgan fingerprint density at radius 2 is 1.75 bits per heavy atom. The fraction of sp³-hybridized carbons (Fsp3) is 0.600. The standard InChI is InChI=1S/C15H25N3O2/c1-12-9-14(19)10-13(2)18(12)11-15(20)17-8-6-4-3-5-7-16/h9-10H,3-8,11,16H2,1-2H3,(H,17,20). The molecule has 0 aliphatic carbocycles. The van der Waals surface area contributed by atoms with Crippen LogP contribution in [0, 0.1) is 13.8 Å². The first-order chi connectivity index (χ1) is 9.54. The van der Waals surface area contributed by atoms with E-state index in [1.54, 1.807) is 12.1 Å². The molecule has 1 rings (SSSR count). The quantitative estimate of drug-likeness (QED) is 0.700. The first kappa shape index (κ1) is 16.4. The second-order valence-corrected chi connectivity index (χ2v) is 5.11. The fourth-order valence-corrected chi connectivity index (χ4v) is 2.19. The second kappa shape index (κ2) is 8.53. The molecule has 112 valence electrons. The Morgan fingerprint density at radius 1 is 1.15 bits per heavy atom. The van der Waals surface area contributed by atoms with Crippen molar-refractivity contribution in [1.82, 2.24) is 9.88 Å². The van der Waals surface area contributed by atoms with Gasteiger partial charge >= 0.3 is 0 Å². The van der Waals surface area contributed by atoms with Gasteiger partial charge in [-0.25, -0.2) is 0 Å². The molecule has 0 radical (unpaired) electrons. The van der Waals surface area contributed by atoms with E-state index in [1.165, 1.54) is 0 Å². The van der Waals surface area contributed by atoms with Crippen LogP contribution in [0.15, 0.2) is 16.9 Å². The predicted octanol–water partition coefficient (Wildman–Crippen LogP) is 1.10. The van der Waals surface area contributed by atoms with E-state index >= 15 is 0 Å². The lowest BCUT2D eigenvalue weighted by Gasteiger charge is -2.14. The maximum absolute atomic E-state index is 11.9. The first-order valence-corrected chi connectivity index (χ1v) is 7.19. The Hall–Kier alpha value is -1.62. The number of nitrogens with zero attached hydrogens (tertiary/aromatic N) is 1. The van der Waals surface area contributed by atoms with Crippen LogP contribution in [0.2, 0.25) is 0 Å². The van der Waals surface area contributed by atoms with Crippen LogP contribution in [0.5, 0.6) is 0 Å². The fourth-order valence-electron chi connectivity index (χ4n) is 2.19. The molecule has 0 bridgehead atoms. The molecule has 5 nitrogen and oxygen atoms in total. The number of pyridine rings is 1. The Labute approximate surface area is 120 Å². The monoisotopic (exact) mass is 279 g/mol. The highest BCUT2D eigenvalue weighted by molar-refractivity contribution is 5.75. The molecule has 3 N–H and O–H groups in total. The Bertz CT molecular complexity index is 468. The van der Waals surface area contributed by atoms with Crippen LogP contribution >= 0.6 is 0 Å². The van der Waals surface area contributed by atoms with Gasteiger partial charge in [0, 0.05) is 30.1 Å². The van der Waals surface area contributed by atoms with Gasteiger partial charge in [0.2, 0.25) is 5.91 Å². The number of aromatic nitrogens is 1. The van der Waals surface area contributed by atoms with E-state index in [1.807, 2.05) is 18.4 Å². The normalized spacial score (nSPS) is 10.6. The van der Waals surface area contributed by atoms with Gasteiger partial charge in [-0.05, 0) is 33.2 Å². The number of hydrogen-bond acceptors (Lipinski definition) is 3. The van der Waals surface area contributed by atoms with Crippen LogP contribution in [-0.2, 0) is 11.3 Å². The van der Waals surface area contributed by atoms with E-state index in [2.05, 4.69) is 5.32 Å². The van der Waals surface area contributed by atoms with Gasteiger partial charge < -0.3 is 15.6 Å². The molecule has 0 unspecified atom stereocenters. The topological polar surface area (TPSA) is 77.1 Å². The van der Waals surface area contributed by atoms with Crippen molar-refractivity contribution in [3.05, 3.63) is 33.7 Å². The van der Waals surface area contributed by atoms with Gasteiger partial charge in [0.15, 0.2) is 5.43 Å². The summed E-state index contributed by atoms with van der Waals surface area (Å²) in [5, 5.41) is 2.91. The molecule has 20 heavy (non-hydrogen) atoms. The SMILES string of the molecule is Cc1cc(=O)cc(C)n1CC(=O)NCCCCCCN. The predicted molar refractivity (Wildman–Crippen MR) is 80.7 cm³/mol. The van der Waals surface area contributed by atoms with Crippen molar-refractivity contribution in [2.24, 2.45) is 5.73 Å². The third kappa shape index (κ3) is 5.57. The Kier molecular flexibility index (Phi) is 7.01. The van der Waals surface area contributed by atoms with Crippen molar-refractivity contribution in [3.8, 4) is 0 Å². The molecule has 1 aromatic rings. The number of aryl methyl sites for hydroxylation is 2. The zero-order valence-electron chi connectivity index (χ0n) is 12.4. The summed E-state index contributed by atoms with van der Waals surface area (Å²) in [5.41, 5.74) is 7.03. The molecule has 0 saturated heterocycles. The summed E-state index contributed by atoms with van der Waals surface area (Å²) in [5.74, 6) is -0.0151. The van der Waals surface area contributed by atoms with Crippen LogP contribution in [0.1, 0.15) is 37.1 Å². The lowest BCUT2D eigenvalue weighted by molar-refractivity contribution is -0.121. The first-order valence-electron chi connectivity index (χ1n) is 7.19. The van der Waals surface area contributed by atoms with E-state index in [4.69, 9.17) is 5.73 Å². The average molecular weight is 279 g/mol. The number of carbonyl (C=O) groups is 1. The molecule has 0 spiro atoms. The maximum Gasteiger partial charge on any atom is 0.239 e. The van der Waals surface area contributed by atoms with Crippen molar-refractivity contribution in [3.63, 3.8) is 0 Å². The third-order valence-corrected chi connectivity index (χ3v) is 3.31. The van der Waals surface area contributed by atoms with Crippen molar-refractivity contribution >= 4 is 5.91 Å². The van der Waals surface area contributed by atoms with E-state index in [0.29, 0.717) is 6.54 Å². The molecule has 1 amide bonds. The van der Waals surface area contributed by atoms with E-state index in [0.717, 1.165) is 43.6 Å². The molecule has 0 saturated carbocycles. The van der Waals surface area contributed by atoms with Crippen LogP contribution in [0.3, 0.4) is 0 Å². The van der Waals surface area contributed by atoms with Gasteiger partial charge in [-0.2, -0.15) is 0 Å². The summed E-state index contributed by atoms with van der Waals surface area (Å²) < 4.78 is 1.85. The lowest BCUT2D eigenvalue weighted by Crippen LogP contribution is -2.30. The summed E-state index contributed by atoms with van der Waals surface area (Å²) in [6, 6.07) is 3.10. The number of amides is 1. The number of hydrogen-bond donors (Lipinski definition) is 2. The van der Waals surface area contributed by atoms with Crippen LogP contribution in [-0.4, -0.2) is 23.6 Å². The molecule has 0 fully saturated rings. The largest absolute Gasteiger partial charge is 0.355 e. The summed E-state index contributed by atoms with van der Waals surface area (Å²) in [7, 11) is 0. The molecular weight excluding hydrogens is 254 g/mol. The summed E-state index contributed by atoms with van der Waals surface area (Å²) >= 11 is 0. The maximum atomic E-state index is 11.9. The third-order valence-electron chi connectivity index (χ3n) is 3.31. The van der Waals surface area contributed by atoms with Crippen molar-refractivity contribution in [2.75, 3.05) is 13.1 Å². The second-order valence-electron chi connectivity index (χ2n) is 5.11. The summed E-state index contributed by atoms with van der Waals surface area (Å²) in [6.45, 7) is 5.38. The van der Waals surface area contributed by atoms with Crippen LogP contribution in [0.4, 0.5) is 0 Å². The van der Waals surface area contributed by atoms with Gasteiger partial charge in [0.25, 0.3) is 0 Å². The zero-order chi connectivity index (χ0) is 15.0. The van der Waals surface area contributed by atoms with E-state index in [9.17, 15) is 9.59 Å². The summed E-state index contributed by atoms with van der Waals surface area (Å²) in [4.78, 5) is 23.2. The average Bonchev–Trinajstić information content (AvgIpc) is 2.38. The number of nitrogens with two attached hydrogens (primary N) is 1. The highest BCUT2D eigenvalue weighted by Crippen LogP contribution is 2.01. The molecule has 1 aromatic heterocycles. The number of rotatable bonds is 8. The molecule has 0 atom stereocenters. The van der Waals surface area contributed by atoms with Crippen LogP contribution < -0.4 is 16.5 Å². The summed E-state index contributed by atoms with van der Waals surface area (Å²) in [6.07, 6.45) is 4.23. The minimum atomic E-state index is -0.0171. The molecular formula is C15H25N3O2. The Balaban J connectivity index is 2.38. The highest BCUT2D eigenvalue weighted by atomic mass is 16.2. The minimum Gasteiger partial charge on any atom is -0.355 e. The van der Waals surface area contributed by atoms with Crippen molar-refractivity contribution in [1.29, 1.82) is 0 Å². The van der Waals surface area contributed by atoms with E-state index in [-0.39, 0.29) is 17.9 Å². The molecule has 5 heteroatoms. The number of unbranched alkanes of at least 4 members (excludes halogenated alkanes) is 3. The molecule has 1 heterocycles.